The Morgan fingerprint density at radius 2 is 2.08 bits per heavy atom. The van der Waals surface area contributed by atoms with E-state index >= 15 is 0 Å². The summed E-state index contributed by atoms with van der Waals surface area (Å²) in [5.74, 6) is 0. The summed E-state index contributed by atoms with van der Waals surface area (Å²) in [7, 11) is 0. The van der Waals surface area contributed by atoms with Gasteiger partial charge in [-0.2, -0.15) is 0 Å². The molecule has 0 radical (unpaired) electrons. The van der Waals surface area contributed by atoms with Gasteiger partial charge in [0.15, 0.2) is 6.29 Å². The summed E-state index contributed by atoms with van der Waals surface area (Å²) < 4.78 is 10.5. The Labute approximate surface area is 85.2 Å². The highest BCUT2D eigenvalue weighted by Crippen LogP contribution is 2.09. The van der Waals surface area contributed by atoms with Crippen molar-refractivity contribution in [3.8, 4) is 0 Å². The van der Waals surface area contributed by atoms with Crippen LogP contribution in [0.4, 0.5) is 0 Å². The summed E-state index contributed by atoms with van der Waals surface area (Å²) in [5, 5.41) is -0.228. The van der Waals surface area contributed by atoms with Crippen molar-refractivity contribution in [3.63, 3.8) is 0 Å². The third kappa shape index (κ3) is 6.07. The van der Waals surface area contributed by atoms with Crippen molar-refractivity contribution in [2.24, 2.45) is 0 Å². The van der Waals surface area contributed by atoms with Crippen molar-refractivity contribution < 1.29 is 14.3 Å². The summed E-state index contributed by atoms with van der Waals surface area (Å²) >= 11 is 3.75. The normalized spacial score (nSPS) is 15.4. The summed E-state index contributed by atoms with van der Waals surface area (Å²) in [6.07, 6.45) is 0.822. The number of carbonyl (C=O) groups is 1. The highest BCUT2D eigenvalue weighted by molar-refractivity contribution is 7.96. The molecule has 2 unspecified atom stereocenters. The zero-order valence-corrected chi connectivity index (χ0v) is 9.34. The number of hydrogen-bond acceptors (Lipinski definition) is 3. The van der Waals surface area contributed by atoms with Gasteiger partial charge in [-0.05, 0) is 20.3 Å². The van der Waals surface area contributed by atoms with Crippen LogP contribution in [0.1, 0.15) is 33.6 Å². The molecular weight excluding hydrogens is 188 g/mol. The monoisotopic (exact) mass is 206 g/mol. The Hall–Kier alpha value is -0.0600. The van der Waals surface area contributed by atoms with Crippen molar-refractivity contribution in [2.45, 2.75) is 46.0 Å². The van der Waals surface area contributed by atoms with Crippen LogP contribution in [-0.4, -0.2) is 24.1 Å². The molecule has 3 nitrogen and oxygen atoms in total. The van der Waals surface area contributed by atoms with E-state index in [1.165, 1.54) is 0 Å². The minimum Gasteiger partial charge on any atom is -0.353 e. The van der Waals surface area contributed by atoms with E-state index in [4.69, 9.17) is 9.47 Å². The zero-order valence-electron chi connectivity index (χ0n) is 8.45. The zero-order chi connectivity index (χ0) is 10.3. The van der Waals surface area contributed by atoms with Crippen LogP contribution in [0.2, 0.25) is 0 Å². The molecule has 78 valence electrons. The molecule has 2 atom stereocenters. The summed E-state index contributed by atoms with van der Waals surface area (Å²) in [6.45, 7) is 6.25. The fourth-order valence-electron chi connectivity index (χ4n) is 1.02. The molecule has 0 bridgehead atoms. The van der Waals surface area contributed by atoms with Crippen LogP contribution in [0.25, 0.3) is 0 Å². The summed E-state index contributed by atoms with van der Waals surface area (Å²) in [5.41, 5.74) is 0. The first-order valence-electron chi connectivity index (χ1n) is 4.61. The van der Waals surface area contributed by atoms with Gasteiger partial charge in [0.2, 0.25) is 5.12 Å². The van der Waals surface area contributed by atoms with Gasteiger partial charge in [-0.1, -0.05) is 13.3 Å². The molecule has 0 aliphatic carbocycles. The van der Waals surface area contributed by atoms with Crippen molar-refractivity contribution in [1.82, 2.24) is 0 Å². The molecule has 13 heavy (non-hydrogen) atoms. The molecule has 0 aromatic heterocycles. The van der Waals surface area contributed by atoms with Gasteiger partial charge in [-0.3, -0.25) is 4.79 Å². The highest BCUT2D eigenvalue weighted by Gasteiger charge is 2.17. The lowest BCUT2D eigenvalue weighted by Gasteiger charge is -2.19. The topological polar surface area (TPSA) is 35.5 Å². The number of ether oxygens (including phenoxy) is 2. The Kier molecular flexibility index (Phi) is 7.32. The second kappa shape index (κ2) is 7.35. The predicted octanol–water partition coefficient (Wildman–Crippen LogP) is 2.01. The lowest BCUT2D eigenvalue weighted by Crippen LogP contribution is -2.26. The maximum Gasteiger partial charge on any atom is 0.214 e. The lowest BCUT2D eigenvalue weighted by molar-refractivity contribution is -0.165. The van der Waals surface area contributed by atoms with Crippen molar-refractivity contribution in [3.05, 3.63) is 0 Å². The Balaban J connectivity index is 3.86. The molecule has 0 saturated carbocycles. The molecule has 0 aliphatic heterocycles. The molecule has 0 heterocycles. The fraction of sp³-hybridized carbons (Fsp3) is 0.889. The minimum atomic E-state index is -0.435. The van der Waals surface area contributed by atoms with Crippen LogP contribution in [0.3, 0.4) is 0 Å². The standard InChI is InChI=1S/C9H18O3S/c1-4-6-8(9(10)13)12-7(3)11-5-2/h7-8H,4-6H2,1-3H3,(H,10,13). The van der Waals surface area contributed by atoms with Gasteiger partial charge in [-0.25, -0.2) is 0 Å². The highest BCUT2D eigenvalue weighted by atomic mass is 32.1. The van der Waals surface area contributed by atoms with E-state index in [1.54, 1.807) is 6.92 Å². The SMILES string of the molecule is CCCC(OC(C)OCC)C(=O)S. The van der Waals surface area contributed by atoms with E-state index in [-0.39, 0.29) is 11.4 Å². The lowest BCUT2D eigenvalue weighted by atomic mass is 10.2. The van der Waals surface area contributed by atoms with Gasteiger partial charge in [-0.15, -0.1) is 12.6 Å². The van der Waals surface area contributed by atoms with Gasteiger partial charge in [0.1, 0.15) is 6.10 Å². The fourth-order valence-corrected chi connectivity index (χ4v) is 1.21. The minimum absolute atomic E-state index is 0.228. The molecule has 0 spiro atoms. The van der Waals surface area contributed by atoms with Crippen molar-refractivity contribution >= 4 is 17.7 Å². The molecule has 0 amide bonds. The van der Waals surface area contributed by atoms with Crippen LogP contribution < -0.4 is 0 Å². The van der Waals surface area contributed by atoms with E-state index in [0.717, 1.165) is 6.42 Å². The van der Waals surface area contributed by atoms with Crippen molar-refractivity contribution in [2.75, 3.05) is 6.61 Å². The number of rotatable bonds is 7. The van der Waals surface area contributed by atoms with Gasteiger partial charge in [0, 0.05) is 6.61 Å². The third-order valence-electron chi connectivity index (χ3n) is 1.58. The van der Waals surface area contributed by atoms with Crippen molar-refractivity contribution in [1.29, 1.82) is 0 Å². The first-order chi connectivity index (χ1) is 6.11. The third-order valence-corrected chi connectivity index (χ3v) is 1.87. The number of hydrogen-bond donors (Lipinski definition) is 1. The van der Waals surface area contributed by atoms with Gasteiger partial charge in [0.05, 0.1) is 0 Å². The van der Waals surface area contributed by atoms with E-state index in [0.29, 0.717) is 13.0 Å². The predicted molar refractivity (Wildman–Crippen MR) is 54.9 cm³/mol. The second-order valence-corrected chi connectivity index (χ2v) is 3.22. The molecule has 0 aliphatic rings. The molecule has 0 N–H and O–H groups in total. The smallest absolute Gasteiger partial charge is 0.214 e. The first kappa shape index (κ1) is 12.9. The maximum atomic E-state index is 11.0. The van der Waals surface area contributed by atoms with E-state index in [9.17, 15) is 4.79 Å². The first-order valence-corrected chi connectivity index (χ1v) is 5.06. The molecule has 0 fully saturated rings. The summed E-state index contributed by atoms with van der Waals surface area (Å²) in [6, 6.07) is 0. The van der Waals surface area contributed by atoms with Gasteiger partial charge in [0.25, 0.3) is 0 Å². The van der Waals surface area contributed by atoms with Gasteiger partial charge < -0.3 is 9.47 Å². The average Bonchev–Trinajstić information content (AvgIpc) is 2.04. The van der Waals surface area contributed by atoms with Crippen LogP contribution in [0.15, 0.2) is 0 Å². The van der Waals surface area contributed by atoms with Crippen LogP contribution in [0.5, 0.6) is 0 Å². The number of carbonyl (C=O) groups excluding carboxylic acids is 1. The molecule has 4 heteroatoms. The average molecular weight is 206 g/mol. The maximum absolute atomic E-state index is 11.0. The summed E-state index contributed by atoms with van der Waals surface area (Å²) in [4.78, 5) is 11.0. The molecule has 0 saturated heterocycles. The van der Waals surface area contributed by atoms with Gasteiger partial charge >= 0.3 is 0 Å². The van der Waals surface area contributed by atoms with Crippen LogP contribution >= 0.6 is 12.6 Å². The van der Waals surface area contributed by atoms with Crippen LogP contribution in [-0.2, 0) is 14.3 Å². The largest absolute Gasteiger partial charge is 0.353 e. The van der Waals surface area contributed by atoms with E-state index in [2.05, 4.69) is 12.6 Å². The number of thiol groups is 1. The second-order valence-electron chi connectivity index (χ2n) is 2.77. The van der Waals surface area contributed by atoms with Crippen LogP contribution in [0, 0.1) is 0 Å². The Bertz CT molecular complexity index is 150. The molecule has 0 aromatic rings. The molecule has 0 rings (SSSR count). The Morgan fingerprint density at radius 3 is 2.46 bits per heavy atom. The van der Waals surface area contributed by atoms with E-state index in [1.807, 2.05) is 13.8 Å². The van der Waals surface area contributed by atoms with E-state index < -0.39 is 6.10 Å². The Morgan fingerprint density at radius 1 is 1.46 bits per heavy atom. The molecular formula is C9H18O3S. The molecule has 0 aromatic carbocycles. The quantitative estimate of drug-likeness (QED) is 0.511.